The van der Waals surface area contributed by atoms with Crippen LogP contribution in [0.15, 0.2) is 11.6 Å². The van der Waals surface area contributed by atoms with Gasteiger partial charge in [-0.25, -0.2) is 4.98 Å². The average molecular weight is 227 g/mol. The minimum absolute atomic E-state index is 0.0745. The van der Waals surface area contributed by atoms with Gasteiger partial charge in [-0.3, -0.25) is 4.79 Å². The Morgan fingerprint density at radius 2 is 2.53 bits per heavy atom. The highest BCUT2D eigenvalue weighted by atomic mass is 32.1. The first-order chi connectivity index (χ1) is 7.22. The summed E-state index contributed by atoms with van der Waals surface area (Å²) in [4.78, 5) is 15.5. The van der Waals surface area contributed by atoms with Crippen LogP contribution in [0, 0.1) is 5.92 Å². The molecule has 1 atom stereocenters. The Kier molecular flexibility index (Phi) is 5.28. The van der Waals surface area contributed by atoms with E-state index in [1.807, 2.05) is 12.3 Å². The maximum atomic E-state index is 11.4. The van der Waals surface area contributed by atoms with Crippen molar-refractivity contribution >= 4 is 17.2 Å². The number of carbonyl (C=O) groups is 1. The van der Waals surface area contributed by atoms with Crippen LogP contribution >= 0.6 is 11.3 Å². The fraction of sp³-hybridized carbons (Fsp3) is 0.600. The third-order valence-corrected chi connectivity index (χ3v) is 2.97. The minimum atomic E-state index is 0.0745. The Bertz CT molecular complexity index is 287. The lowest BCUT2D eigenvalue weighted by Crippen LogP contribution is -2.23. The largest absolute Gasteiger partial charge is 0.350 e. The van der Waals surface area contributed by atoms with Crippen molar-refractivity contribution in [1.82, 2.24) is 10.3 Å². The van der Waals surface area contributed by atoms with Gasteiger partial charge in [0, 0.05) is 18.0 Å². The maximum absolute atomic E-state index is 11.4. The van der Waals surface area contributed by atoms with Crippen molar-refractivity contribution in [3.63, 3.8) is 0 Å². The predicted octanol–water partition coefficient (Wildman–Crippen LogP) is 1.13. The smallest absolute Gasteiger partial charge is 0.220 e. The number of amides is 1. The zero-order valence-corrected chi connectivity index (χ0v) is 9.72. The van der Waals surface area contributed by atoms with Gasteiger partial charge in [-0.15, -0.1) is 11.3 Å². The van der Waals surface area contributed by atoms with Gasteiger partial charge in [-0.1, -0.05) is 6.92 Å². The van der Waals surface area contributed by atoms with Crippen LogP contribution in [0.4, 0.5) is 0 Å². The van der Waals surface area contributed by atoms with E-state index in [-0.39, 0.29) is 5.91 Å². The standard InChI is InChI=1S/C10H17N3OS/c1-8(6-11)2-3-9(14)13-7-10-12-4-5-15-10/h4-5,8H,2-3,6-7,11H2,1H3,(H,13,14). The third kappa shape index (κ3) is 4.90. The van der Waals surface area contributed by atoms with E-state index in [1.54, 1.807) is 17.5 Å². The van der Waals surface area contributed by atoms with E-state index in [1.165, 1.54) is 0 Å². The normalized spacial score (nSPS) is 12.4. The summed E-state index contributed by atoms with van der Waals surface area (Å²) in [5, 5.41) is 5.67. The van der Waals surface area contributed by atoms with Crippen molar-refractivity contribution in [3.05, 3.63) is 16.6 Å². The van der Waals surface area contributed by atoms with Crippen molar-refractivity contribution < 1.29 is 4.79 Å². The predicted molar refractivity (Wildman–Crippen MR) is 61.4 cm³/mol. The number of hydrogen-bond acceptors (Lipinski definition) is 4. The molecular weight excluding hydrogens is 210 g/mol. The van der Waals surface area contributed by atoms with Crippen LogP contribution in [0.2, 0.25) is 0 Å². The number of rotatable bonds is 6. The van der Waals surface area contributed by atoms with Crippen LogP contribution in [-0.4, -0.2) is 17.4 Å². The number of aromatic nitrogens is 1. The van der Waals surface area contributed by atoms with Gasteiger partial charge < -0.3 is 11.1 Å². The van der Waals surface area contributed by atoms with Crippen molar-refractivity contribution in [2.75, 3.05) is 6.54 Å². The van der Waals surface area contributed by atoms with Gasteiger partial charge >= 0.3 is 0 Å². The second-order valence-electron chi connectivity index (χ2n) is 3.58. The number of nitrogens with two attached hydrogens (primary N) is 1. The van der Waals surface area contributed by atoms with E-state index >= 15 is 0 Å². The third-order valence-electron chi connectivity index (χ3n) is 2.19. The summed E-state index contributed by atoms with van der Waals surface area (Å²) < 4.78 is 0. The first-order valence-corrected chi connectivity index (χ1v) is 5.95. The van der Waals surface area contributed by atoms with Crippen LogP contribution in [0.3, 0.4) is 0 Å². The molecule has 4 nitrogen and oxygen atoms in total. The lowest BCUT2D eigenvalue weighted by Gasteiger charge is -2.07. The fourth-order valence-electron chi connectivity index (χ4n) is 1.10. The molecule has 0 aliphatic rings. The zero-order valence-electron chi connectivity index (χ0n) is 8.90. The minimum Gasteiger partial charge on any atom is -0.350 e. The van der Waals surface area contributed by atoms with E-state index in [9.17, 15) is 4.79 Å². The monoisotopic (exact) mass is 227 g/mol. The molecule has 0 aromatic carbocycles. The molecule has 15 heavy (non-hydrogen) atoms. The highest BCUT2D eigenvalue weighted by Gasteiger charge is 2.05. The van der Waals surface area contributed by atoms with E-state index in [0.717, 1.165) is 11.4 Å². The summed E-state index contributed by atoms with van der Waals surface area (Å²) in [6.07, 6.45) is 3.13. The lowest BCUT2D eigenvalue weighted by atomic mass is 10.1. The summed E-state index contributed by atoms with van der Waals surface area (Å²) >= 11 is 1.55. The number of nitrogens with one attached hydrogen (secondary N) is 1. The van der Waals surface area contributed by atoms with Gasteiger partial charge in [0.25, 0.3) is 0 Å². The summed E-state index contributed by atoms with van der Waals surface area (Å²) in [5.74, 6) is 0.487. The summed E-state index contributed by atoms with van der Waals surface area (Å²) in [5.41, 5.74) is 5.47. The highest BCUT2D eigenvalue weighted by Crippen LogP contribution is 2.05. The van der Waals surface area contributed by atoms with E-state index in [0.29, 0.717) is 25.4 Å². The Labute approximate surface area is 93.9 Å². The molecule has 1 amide bonds. The van der Waals surface area contributed by atoms with Crippen molar-refractivity contribution in [2.24, 2.45) is 11.7 Å². The molecule has 84 valence electrons. The molecule has 0 radical (unpaired) electrons. The number of carbonyl (C=O) groups excluding carboxylic acids is 1. The first kappa shape index (κ1) is 12.1. The fourth-order valence-corrected chi connectivity index (χ4v) is 1.65. The molecule has 3 N–H and O–H groups in total. The molecule has 1 unspecified atom stereocenters. The Hall–Kier alpha value is -0.940. The van der Waals surface area contributed by atoms with Gasteiger partial charge in [0.15, 0.2) is 0 Å². The second kappa shape index (κ2) is 6.53. The molecule has 5 heteroatoms. The Morgan fingerprint density at radius 1 is 1.73 bits per heavy atom. The van der Waals surface area contributed by atoms with Crippen LogP contribution in [0.1, 0.15) is 24.8 Å². The number of nitrogens with zero attached hydrogens (tertiary/aromatic N) is 1. The topological polar surface area (TPSA) is 68.0 Å². The van der Waals surface area contributed by atoms with Gasteiger partial charge in [0.1, 0.15) is 5.01 Å². The van der Waals surface area contributed by atoms with E-state index in [4.69, 9.17) is 5.73 Å². The molecule has 0 aliphatic heterocycles. The molecule has 0 spiro atoms. The molecule has 1 rings (SSSR count). The van der Waals surface area contributed by atoms with Crippen LogP contribution in [-0.2, 0) is 11.3 Å². The Morgan fingerprint density at radius 3 is 3.13 bits per heavy atom. The van der Waals surface area contributed by atoms with E-state index in [2.05, 4.69) is 10.3 Å². The molecule has 0 saturated carbocycles. The SMILES string of the molecule is CC(CN)CCC(=O)NCc1nccs1. The van der Waals surface area contributed by atoms with Crippen LogP contribution in [0.25, 0.3) is 0 Å². The Balaban J connectivity index is 2.14. The highest BCUT2D eigenvalue weighted by molar-refractivity contribution is 7.09. The van der Waals surface area contributed by atoms with Gasteiger partial charge in [-0.2, -0.15) is 0 Å². The van der Waals surface area contributed by atoms with Gasteiger partial charge in [0.05, 0.1) is 6.54 Å². The van der Waals surface area contributed by atoms with Crippen molar-refractivity contribution in [2.45, 2.75) is 26.3 Å². The average Bonchev–Trinajstić information content (AvgIpc) is 2.75. The summed E-state index contributed by atoms with van der Waals surface area (Å²) in [6, 6.07) is 0. The van der Waals surface area contributed by atoms with E-state index < -0.39 is 0 Å². The molecule has 0 fully saturated rings. The lowest BCUT2D eigenvalue weighted by molar-refractivity contribution is -0.121. The quantitative estimate of drug-likeness (QED) is 0.765. The molecular formula is C10H17N3OS. The molecule has 1 heterocycles. The van der Waals surface area contributed by atoms with Crippen LogP contribution in [0.5, 0.6) is 0 Å². The van der Waals surface area contributed by atoms with Crippen molar-refractivity contribution in [3.8, 4) is 0 Å². The number of thiazole rings is 1. The molecule has 0 aliphatic carbocycles. The van der Waals surface area contributed by atoms with Crippen molar-refractivity contribution in [1.29, 1.82) is 0 Å². The van der Waals surface area contributed by atoms with Gasteiger partial charge in [0.2, 0.25) is 5.91 Å². The van der Waals surface area contributed by atoms with Gasteiger partial charge in [-0.05, 0) is 18.9 Å². The molecule has 1 aromatic heterocycles. The molecule has 0 bridgehead atoms. The zero-order chi connectivity index (χ0) is 11.1. The molecule has 0 saturated heterocycles. The maximum Gasteiger partial charge on any atom is 0.220 e. The molecule has 1 aromatic rings. The summed E-state index contributed by atoms with van der Waals surface area (Å²) in [7, 11) is 0. The first-order valence-electron chi connectivity index (χ1n) is 5.07. The van der Waals surface area contributed by atoms with Crippen LogP contribution < -0.4 is 11.1 Å². The summed E-state index contributed by atoms with van der Waals surface area (Å²) in [6.45, 7) is 3.22. The second-order valence-corrected chi connectivity index (χ2v) is 4.56. The number of hydrogen-bond donors (Lipinski definition) is 2.